The molecule has 5 heteroatoms. The molecule has 0 bridgehead atoms. The molecule has 1 unspecified atom stereocenters. The minimum atomic E-state index is -0.960. The topological polar surface area (TPSA) is 70.6 Å². The molecule has 0 aromatic rings. The molecule has 1 heterocycles. The molecule has 1 atom stereocenters. The molecular weight excluding hydrogens is 196 g/mol. The molecule has 2 fully saturated rings. The Morgan fingerprint density at radius 2 is 2.40 bits per heavy atom. The summed E-state index contributed by atoms with van der Waals surface area (Å²) in [5, 5.41) is 14.6. The SMILES string of the molecule is O=C(O)NC1(COC2CC2)CCCNC1. The lowest BCUT2D eigenvalue weighted by Crippen LogP contribution is -2.60. The molecular formula is C10H18N2O3. The summed E-state index contributed by atoms with van der Waals surface area (Å²) in [6.45, 7) is 2.13. The molecule has 0 spiro atoms. The van der Waals surface area contributed by atoms with Crippen molar-refractivity contribution < 1.29 is 14.6 Å². The second-order valence-electron chi connectivity index (χ2n) is 4.50. The Hall–Kier alpha value is -0.810. The quantitative estimate of drug-likeness (QED) is 0.639. The number of ether oxygens (including phenoxy) is 1. The van der Waals surface area contributed by atoms with E-state index in [4.69, 9.17) is 9.84 Å². The van der Waals surface area contributed by atoms with Gasteiger partial charge in [-0.2, -0.15) is 0 Å². The molecule has 2 aliphatic rings. The van der Waals surface area contributed by atoms with Crippen molar-refractivity contribution in [2.24, 2.45) is 0 Å². The van der Waals surface area contributed by atoms with Crippen molar-refractivity contribution in [3.63, 3.8) is 0 Å². The van der Waals surface area contributed by atoms with Crippen LogP contribution in [0.25, 0.3) is 0 Å². The van der Waals surface area contributed by atoms with Crippen LogP contribution < -0.4 is 10.6 Å². The maximum Gasteiger partial charge on any atom is 0.405 e. The lowest BCUT2D eigenvalue weighted by molar-refractivity contribution is 0.0448. The fourth-order valence-corrected chi connectivity index (χ4v) is 1.97. The minimum Gasteiger partial charge on any atom is -0.465 e. The molecule has 0 aromatic carbocycles. The van der Waals surface area contributed by atoms with Crippen molar-refractivity contribution in [1.29, 1.82) is 0 Å². The number of hydrogen-bond donors (Lipinski definition) is 3. The van der Waals surface area contributed by atoms with E-state index in [1.165, 1.54) is 0 Å². The molecule has 1 saturated carbocycles. The standard InChI is InChI=1S/C10H18N2O3/c13-9(14)12-10(4-1-5-11-6-10)7-15-8-2-3-8/h8,11-12H,1-7H2,(H,13,14). The van der Waals surface area contributed by atoms with Gasteiger partial charge in [-0.25, -0.2) is 4.79 Å². The van der Waals surface area contributed by atoms with Crippen molar-refractivity contribution >= 4 is 6.09 Å². The second-order valence-corrected chi connectivity index (χ2v) is 4.50. The van der Waals surface area contributed by atoms with E-state index >= 15 is 0 Å². The summed E-state index contributed by atoms with van der Waals surface area (Å²) in [6.07, 6.45) is 3.51. The first kappa shape index (κ1) is 10.7. The van der Waals surface area contributed by atoms with Gasteiger partial charge in [-0.1, -0.05) is 0 Å². The van der Waals surface area contributed by atoms with Crippen LogP contribution in [-0.2, 0) is 4.74 Å². The molecule has 1 amide bonds. The van der Waals surface area contributed by atoms with Crippen LogP contribution in [0.15, 0.2) is 0 Å². The second kappa shape index (κ2) is 4.37. The van der Waals surface area contributed by atoms with Gasteiger partial charge < -0.3 is 20.5 Å². The lowest BCUT2D eigenvalue weighted by atomic mass is 9.91. The van der Waals surface area contributed by atoms with Crippen LogP contribution in [0.2, 0.25) is 0 Å². The van der Waals surface area contributed by atoms with Gasteiger partial charge >= 0.3 is 6.09 Å². The molecule has 1 aliphatic heterocycles. The van der Waals surface area contributed by atoms with E-state index in [-0.39, 0.29) is 0 Å². The van der Waals surface area contributed by atoms with Gasteiger partial charge in [-0.05, 0) is 32.2 Å². The van der Waals surface area contributed by atoms with Gasteiger partial charge in [-0.3, -0.25) is 0 Å². The van der Waals surface area contributed by atoms with Crippen molar-refractivity contribution in [2.45, 2.75) is 37.3 Å². The Labute approximate surface area is 89.2 Å². The van der Waals surface area contributed by atoms with Crippen LogP contribution >= 0.6 is 0 Å². The number of amides is 1. The summed E-state index contributed by atoms with van der Waals surface area (Å²) in [6, 6.07) is 0. The molecule has 0 aromatic heterocycles. The highest BCUT2D eigenvalue weighted by Crippen LogP contribution is 2.26. The predicted octanol–water partition coefficient (Wildman–Crippen LogP) is 0.555. The van der Waals surface area contributed by atoms with Gasteiger partial charge in [-0.15, -0.1) is 0 Å². The number of nitrogens with one attached hydrogen (secondary N) is 2. The zero-order chi connectivity index (χ0) is 10.7. The Balaban J connectivity index is 1.89. The average molecular weight is 214 g/mol. The average Bonchev–Trinajstić information content (AvgIpc) is 2.99. The zero-order valence-corrected chi connectivity index (χ0v) is 8.79. The van der Waals surface area contributed by atoms with Gasteiger partial charge in [0.25, 0.3) is 0 Å². The fraction of sp³-hybridized carbons (Fsp3) is 0.900. The maximum absolute atomic E-state index is 10.7. The molecule has 2 rings (SSSR count). The van der Waals surface area contributed by atoms with Crippen LogP contribution in [0.5, 0.6) is 0 Å². The highest BCUT2D eigenvalue weighted by atomic mass is 16.5. The first-order valence-electron chi connectivity index (χ1n) is 5.54. The third kappa shape index (κ3) is 3.07. The van der Waals surface area contributed by atoms with Crippen molar-refractivity contribution in [2.75, 3.05) is 19.7 Å². The van der Waals surface area contributed by atoms with E-state index in [1.807, 2.05) is 0 Å². The normalized spacial score (nSPS) is 31.2. The zero-order valence-electron chi connectivity index (χ0n) is 8.79. The van der Waals surface area contributed by atoms with Crippen LogP contribution in [-0.4, -0.2) is 42.5 Å². The summed E-state index contributed by atoms with van der Waals surface area (Å²) in [7, 11) is 0. The van der Waals surface area contributed by atoms with Crippen LogP contribution in [0, 0.1) is 0 Å². The summed E-state index contributed by atoms with van der Waals surface area (Å²) >= 11 is 0. The largest absolute Gasteiger partial charge is 0.465 e. The maximum atomic E-state index is 10.7. The smallest absolute Gasteiger partial charge is 0.405 e. The summed E-state index contributed by atoms with van der Waals surface area (Å²) < 4.78 is 5.63. The van der Waals surface area contributed by atoms with Crippen LogP contribution in [0.3, 0.4) is 0 Å². The van der Waals surface area contributed by atoms with E-state index in [1.54, 1.807) is 0 Å². The summed E-state index contributed by atoms with van der Waals surface area (Å²) in [4.78, 5) is 10.7. The van der Waals surface area contributed by atoms with Crippen molar-refractivity contribution in [1.82, 2.24) is 10.6 Å². The lowest BCUT2D eigenvalue weighted by Gasteiger charge is -2.37. The number of piperidine rings is 1. The van der Waals surface area contributed by atoms with Crippen molar-refractivity contribution in [3.05, 3.63) is 0 Å². The molecule has 15 heavy (non-hydrogen) atoms. The van der Waals surface area contributed by atoms with Gasteiger partial charge in [0.05, 0.1) is 18.2 Å². The van der Waals surface area contributed by atoms with E-state index in [0.29, 0.717) is 19.3 Å². The third-order valence-corrected chi connectivity index (χ3v) is 2.96. The number of hydrogen-bond acceptors (Lipinski definition) is 3. The Kier molecular flexibility index (Phi) is 3.11. The Bertz CT molecular complexity index is 235. The van der Waals surface area contributed by atoms with E-state index < -0.39 is 11.6 Å². The Morgan fingerprint density at radius 1 is 1.60 bits per heavy atom. The predicted molar refractivity (Wildman–Crippen MR) is 55.0 cm³/mol. The fourth-order valence-electron chi connectivity index (χ4n) is 1.97. The van der Waals surface area contributed by atoms with Gasteiger partial charge in [0.1, 0.15) is 0 Å². The molecule has 0 radical (unpaired) electrons. The van der Waals surface area contributed by atoms with E-state index in [0.717, 1.165) is 32.2 Å². The molecule has 1 saturated heterocycles. The minimum absolute atomic E-state index is 0.374. The number of rotatable bonds is 4. The first-order valence-corrected chi connectivity index (χ1v) is 5.54. The highest BCUT2D eigenvalue weighted by Gasteiger charge is 2.36. The van der Waals surface area contributed by atoms with E-state index in [2.05, 4.69) is 10.6 Å². The number of carbonyl (C=O) groups is 1. The first-order chi connectivity index (χ1) is 7.20. The van der Waals surface area contributed by atoms with Gasteiger partial charge in [0.2, 0.25) is 0 Å². The van der Waals surface area contributed by atoms with Crippen molar-refractivity contribution in [3.8, 4) is 0 Å². The third-order valence-electron chi connectivity index (χ3n) is 2.96. The Morgan fingerprint density at radius 3 is 2.93 bits per heavy atom. The molecule has 86 valence electrons. The van der Waals surface area contributed by atoms with Gasteiger partial charge in [0.15, 0.2) is 0 Å². The van der Waals surface area contributed by atoms with E-state index in [9.17, 15) is 4.79 Å². The highest BCUT2D eigenvalue weighted by molar-refractivity contribution is 5.65. The summed E-state index contributed by atoms with van der Waals surface area (Å²) in [5.41, 5.74) is -0.410. The van der Waals surface area contributed by atoms with Gasteiger partial charge in [0, 0.05) is 6.54 Å². The summed E-state index contributed by atoms with van der Waals surface area (Å²) in [5.74, 6) is 0. The molecule has 3 N–H and O–H groups in total. The molecule has 1 aliphatic carbocycles. The number of carboxylic acid groups (broad SMARTS) is 1. The van der Waals surface area contributed by atoms with Crippen LogP contribution in [0.1, 0.15) is 25.7 Å². The molecule has 5 nitrogen and oxygen atoms in total. The monoisotopic (exact) mass is 214 g/mol. The van der Waals surface area contributed by atoms with Crippen LogP contribution in [0.4, 0.5) is 4.79 Å².